The van der Waals surface area contributed by atoms with Gasteiger partial charge in [-0.2, -0.15) is 0 Å². The second-order valence-corrected chi connectivity index (χ2v) is 5.79. The van der Waals surface area contributed by atoms with Crippen molar-refractivity contribution in [3.63, 3.8) is 0 Å². The van der Waals surface area contributed by atoms with Gasteiger partial charge in [0.2, 0.25) is 0 Å². The Labute approximate surface area is 133 Å². The van der Waals surface area contributed by atoms with E-state index in [1.54, 1.807) is 14.2 Å². The van der Waals surface area contributed by atoms with E-state index >= 15 is 0 Å². The highest BCUT2D eigenvalue weighted by atomic mass is 79.9. The minimum absolute atomic E-state index is 0.427. The second-order valence-electron chi connectivity index (χ2n) is 4.88. The van der Waals surface area contributed by atoms with Crippen LogP contribution >= 0.6 is 15.9 Å². The first kappa shape index (κ1) is 15.9. The Bertz CT molecular complexity index is 581. The molecule has 4 heteroatoms. The highest BCUT2D eigenvalue weighted by Crippen LogP contribution is 2.28. The zero-order valence-corrected chi connectivity index (χ0v) is 13.8. The average Bonchev–Trinajstić information content (AvgIpc) is 2.49. The average molecular weight is 351 g/mol. The third kappa shape index (κ3) is 4.48. The molecule has 1 atom stereocenters. The van der Waals surface area contributed by atoms with Crippen molar-refractivity contribution in [1.29, 1.82) is 0 Å². The summed E-state index contributed by atoms with van der Waals surface area (Å²) in [5.41, 5.74) is 2.14. The minimum Gasteiger partial charge on any atom is -0.493 e. The van der Waals surface area contributed by atoms with Crippen LogP contribution in [-0.2, 0) is 12.8 Å². The molecule has 0 aliphatic rings. The Balaban J connectivity index is 2.02. The molecule has 0 aliphatic heterocycles. The maximum atomic E-state index is 10.2. The lowest BCUT2D eigenvalue weighted by molar-refractivity contribution is 0.175. The lowest BCUT2D eigenvalue weighted by Gasteiger charge is -2.13. The molecule has 21 heavy (non-hydrogen) atoms. The van der Waals surface area contributed by atoms with Crippen molar-refractivity contribution in [2.45, 2.75) is 18.9 Å². The molecule has 2 aromatic carbocycles. The Hall–Kier alpha value is -1.52. The fraction of sp³-hybridized carbons (Fsp3) is 0.294. The Morgan fingerprint density at radius 2 is 1.48 bits per heavy atom. The molecule has 2 rings (SSSR count). The van der Waals surface area contributed by atoms with Crippen LogP contribution in [0.4, 0.5) is 0 Å². The van der Waals surface area contributed by atoms with Gasteiger partial charge < -0.3 is 14.6 Å². The second kappa shape index (κ2) is 7.48. The van der Waals surface area contributed by atoms with E-state index in [1.165, 1.54) is 0 Å². The number of hydrogen-bond acceptors (Lipinski definition) is 3. The number of aliphatic hydroxyl groups excluding tert-OH is 1. The quantitative estimate of drug-likeness (QED) is 0.864. The zero-order valence-electron chi connectivity index (χ0n) is 12.2. The van der Waals surface area contributed by atoms with Crippen molar-refractivity contribution in [2.75, 3.05) is 14.2 Å². The number of rotatable bonds is 6. The number of hydrogen-bond donors (Lipinski definition) is 1. The summed E-state index contributed by atoms with van der Waals surface area (Å²) in [6.45, 7) is 0. The molecule has 3 nitrogen and oxygen atoms in total. The largest absolute Gasteiger partial charge is 0.493 e. The fourth-order valence-corrected chi connectivity index (χ4v) is 2.51. The molecule has 1 unspecified atom stereocenters. The van der Waals surface area contributed by atoms with Gasteiger partial charge in [0.05, 0.1) is 20.3 Å². The third-order valence-corrected chi connectivity index (χ3v) is 3.83. The maximum absolute atomic E-state index is 10.2. The molecule has 0 amide bonds. The van der Waals surface area contributed by atoms with E-state index in [1.807, 2.05) is 42.5 Å². The summed E-state index contributed by atoms with van der Waals surface area (Å²) in [6.07, 6.45) is 0.780. The van der Waals surface area contributed by atoms with Crippen LogP contribution < -0.4 is 9.47 Å². The van der Waals surface area contributed by atoms with Crippen molar-refractivity contribution < 1.29 is 14.6 Å². The summed E-state index contributed by atoms with van der Waals surface area (Å²) < 4.78 is 11.5. The van der Waals surface area contributed by atoms with Gasteiger partial charge in [0.25, 0.3) is 0 Å². The summed E-state index contributed by atoms with van der Waals surface area (Å²) >= 11 is 3.41. The standard InChI is InChI=1S/C17H19BrO3/c1-20-16-8-5-13(11-17(16)21-2)10-15(19)9-12-3-6-14(18)7-4-12/h3-8,11,15,19H,9-10H2,1-2H3. The molecule has 0 aliphatic carbocycles. The molecule has 0 radical (unpaired) electrons. The number of halogens is 1. The summed E-state index contributed by atoms with van der Waals surface area (Å²) in [5, 5.41) is 10.2. The van der Waals surface area contributed by atoms with Gasteiger partial charge in [0, 0.05) is 4.47 Å². The Morgan fingerprint density at radius 1 is 0.905 bits per heavy atom. The molecule has 0 bridgehead atoms. The molecule has 0 saturated carbocycles. The summed E-state index contributed by atoms with van der Waals surface area (Å²) in [4.78, 5) is 0. The van der Waals surface area contributed by atoms with E-state index in [9.17, 15) is 5.11 Å². The molecule has 1 N–H and O–H groups in total. The molecule has 0 fully saturated rings. The first-order chi connectivity index (χ1) is 10.1. The van der Waals surface area contributed by atoms with Crippen LogP contribution in [0.2, 0.25) is 0 Å². The van der Waals surface area contributed by atoms with Crippen molar-refractivity contribution >= 4 is 15.9 Å². The van der Waals surface area contributed by atoms with Gasteiger partial charge in [-0.1, -0.05) is 34.1 Å². The van der Waals surface area contributed by atoms with Crippen LogP contribution in [0, 0.1) is 0 Å². The molecule has 0 aromatic heterocycles. The Morgan fingerprint density at radius 3 is 2.10 bits per heavy atom. The van der Waals surface area contributed by atoms with Gasteiger partial charge in [-0.25, -0.2) is 0 Å². The number of benzene rings is 2. The van der Waals surface area contributed by atoms with Gasteiger partial charge in [0.15, 0.2) is 11.5 Å². The predicted molar refractivity (Wildman–Crippen MR) is 87.1 cm³/mol. The monoisotopic (exact) mass is 350 g/mol. The van der Waals surface area contributed by atoms with E-state index in [0.29, 0.717) is 24.3 Å². The predicted octanol–water partition coefficient (Wildman–Crippen LogP) is 3.61. The highest BCUT2D eigenvalue weighted by Gasteiger charge is 2.10. The van der Waals surface area contributed by atoms with Gasteiger partial charge >= 0.3 is 0 Å². The SMILES string of the molecule is COc1ccc(CC(O)Cc2ccc(Br)cc2)cc1OC. The van der Waals surface area contributed by atoms with Gasteiger partial charge in [-0.15, -0.1) is 0 Å². The number of aliphatic hydroxyl groups is 1. The lowest BCUT2D eigenvalue weighted by atomic mass is 10.0. The zero-order chi connectivity index (χ0) is 15.2. The van der Waals surface area contributed by atoms with E-state index < -0.39 is 6.10 Å². The minimum atomic E-state index is -0.427. The van der Waals surface area contributed by atoms with Crippen LogP contribution in [0.5, 0.6) is 11.5 Å². The smallest absolute Gasteiger partial charge is 0.160 e. The van der Waals surface area contributed by atoms with Crippen molar-refractivity contribution in [1.82, 2.24) is 0 Å². The number of methoxy groups -OCH3 is 2. The number of ether oxygens (including phenoxy) is 2. The Kier molecular flexibility index (Phi) is 5.65. The van der Waals surface area contributed by atoms with Crippen molar-refractivity contribution in [3.05, 3.63) is 58.1 Å². The first-order valence-corrected chi connectivity index (χ1v) is 7.55. The lowest BCUT2D eigenvalue weighted by Crippen LogP contribution is -2.14. The third-order valence-electron chi connectivity index (χ3n) is 3.30. The van der Waals surface area contributed by atoms with E-state index in [-0.39, 0.29) is 0 Å². The van der Waals surface area contributed by atoms with Crippen LogP contribution in [0.25, 0.3) is 0 Å². The molecular formula is C17H19BrO3. The van der Waals surface area contributed by atoms with E-state index in [4.69, 9.17) is 9.47 Å². The van der Waals surface area contributed by atoms with Crippen LogP contribution in [0.3, 0.4) is 0 Å². The highest BCUT2D eigenvalue weighted by molar-refractivity contribution is 9.10. The van der Waals surface area contributed by atoms with E-state index in [2.05, 4.69) is 15.9 Å². The normalized spacial score (nSPS) is 12.0. The molecular weight excluding hydrogens is 332 g/mol. The first-order valence-electron chi connectivity index (χ1n) is 6.75. The van der Waals surface area contributed by atoms with E-state index in [0.717, 1.165) is 15.6 Å². The molecule has 2 aromatic rings. The molecule has 0 saturated heterocycles. The molecule has 0 heterocycles. The van der Waals surface area contributed by atoms with Gasteiger partial charge in [0.1, 0.15) is 0 Å². The molecule has 0 spiro atoms. The van der Waals surface area contributed by atoms with Crippen molar-refractivity contribution in [2.24, 2.45) is 0 Å². The van der Waals surface area contributed by atoms with Gasteiger partial charge in [-0.05, 0) is 48.2 Å². The van der Waals surface area contributed by atoms with Crippen LogP contribution in [0.15, 0.2) is 46.9 Å². The summed E-state index contributed by atoms with van der Waals surface area (Å²) in [5.74, 6) is 1.38. The van der Waals surface area contributed by atoms with Gasteiger partial charge in [-0.3, -0.25) is 0 Å². The van der Waals surface area contributed by atoms with Crippen molar-refractivity contribution in [3.8, 4) is 11.5 Å². The van der Waals surface area contributed by atoms with Crippen LogP contribution in [-0.4, -0.2) is 25.4 Å². The maximum Gasteiger partial charge on any atom is 0.160 e. The summed E-state index contributed by atoms with van der Waals surface area (Å²) in [6, 6.07) is 13.7. The van der Waals surface area contributed by atoms with Crippen LogP contribution in [0.1, 0.15) is 11.1 Å². The molecule has 112 valence electrons. The fourth-order valence-electron chi connectivity index (χ4n) is 2.24. The summed E-state index contributed by atoms with van der Waals surface area (Å²) in [7, 11) is 3.22. The topological polar surface area (TPSA) is 38.7 Å².